The summed E-state index contributed by atoms with van der Waals surface area (Å²) in [6, 6.07) is 12.4. The zero-order valence-electron chi connectivity index (χ0n) is 22.9. The fraction of sp³-hybridized carbons (Fsp3) is 0.467. The van der Waals surface area contributed by atoms with Crippen LogP contribution in [0.2, 0.25) is 0 Å². The maximum atomic E-state index is 13.9. The van der Waals surface area contributed by atoms with Gasteiger partial charge in [0.2, 0.25) is 6.39 Å². The number of piperidine rings is 1. The Hall–Kier alpha value is -3.90. The van der Waals surface area contributed by atoms with E-state index in [-0.39, 0.29) is 18.6 Å². The fourth-order valence-electron chi connectivity index (χ4n) is 6.28. The molecule has 0 saturated carbocycles. The van der Waals surface area contributed by atoms with Gasteiger partial charge in [0.1, 0.15) is 6.07 Å². The van der Waals surface area contributed by atoms with Gasteiger partial charge in [-0.05, 0) is 80.3 Å². The Labute approximate surface area is 229 Å². The molecule has 2 fully saturated rings. The van der Waals surface area contributed by atoms with E-state index in [0.29, 0.717) is 31.6 Å². The van der Waals surface area contributed by atoms with Crippen molar-refractivity contribution < 1.29 is 14.3 Å². The molecule has 9 heteroatoms. The van der Waals surface area contributed by atoms with Gasteiger partial charge in [0.15, 0.2) is 0 Å². The van der Waals surface area contributed by atoms with Crippen molar-refractivity contribution in [2.75, 3.05) is 49.1 Å². The molecular formula is C30H36N6O3. The van der Waals surface area contributed by atoms with Crippen LogP contribution in [-0.4, -0.2) is 71.5 Å². The molecule has 0 unspecified atom stereocenters. The number of aliphatic hydroxyl groups is 1. The molecule has 1 aromatic heterocycles. The molecule has 1 atom stereocenters. The van der Waals surface area contributed by atoms with Gasteiger partial charge in [-0.3, -0.25) is 4.79 Å². The van der Waals surface area contributed by atoms with Gasteiger partial charge in [0.05, 0.1) is 23.9 Å². The lowest BCUT2D eigenvalue weighted by atomic mass is 9.83. The van der Waals surface area contributed by atoms with Crippen molar-refractivity contribution in [1.82, 2.24) is 15.1 Å². The van der Waals surface area contributed by atoms with Crippen LogP contribution in [0.1, 0.15) is 51.0 Å². The molecule has 2 aliphatic rings. The number of piperazine rings is 1. The Morgan fingerprint density at radius 1 is 1.13 bits per heavy atom. The van der Waals surface area contributed by atoms with Crippen LogP contribution in [0.4, 0.5) is 11.7 Å². The number of carbonyl (C=O) groups excluding carboxylic acids is 1. The monoisotopic (exact) mass is 528 g/mol. The normalized spacial score (nSPS) is 18.3. The lowest BCUT2D eigenvalue weighted by Gasteiger charge is -2.40. The number of aliphatic hydroxyl groups excluding tert-OH is 1. The van der Waals surface area contributed by atoms with Gasteiger partial charge < -0.3 is 24.2 Å². The van der Waals surface area contributed by atoms with E-state index in [9.17, 15) is 15.2 Å². The fourth-order valence-corrected chi connectivity index (χ4v) is 6.28. The lowest BCUT2D eigenvalue weighted by molar-refractivity contribution is 0.0693. The summed E-state index contributed by atoms with van der Waals surface area (Å²) in [7, 11) is 0. The second kappa shape index (κ2) is 11.5. The molecule has 2 aromatic carbocycles. The number of para-hydroxylation sites is 1. The molecule has 0 radical (unpaired) electrons. The van der Waals surface area contributed by atoms with Crippen LogP contribution < -0.4 is 9.80 Å². The van der Waals surface area contributed by atoms with E-state index < -0.39 is 0 Å². The molecule has 0 spiro atoms. The average Bonchev–Trinajstić information content (AvgIpc) is 3.50. The van der Waals surface area contributed by atoms with Gasteiger partial charge in [0, 0.05) is 38.3 Å². The quantitative estimate of drug-likeness (QED) is 0.516. The van der Waals surface area contributed by atoms with Crippen LogP contribution in [-0.2, 0) is 6.42 Å². The number of nitrogens with zero attached hydrogens (tertiary/aromatic N) is 6. The highest BCUT2D eigenvalue weighted by molar-refractivity contribution is 5.97. The molecule has 5 rings (SSSR count). The van der Waals surface area contributed by atoms with Gasteiger partial charge in [-0.2, -0.15) is 5.26 Å². The van der Waals surface area contributed by atoms with Crippen LogP contribution in [0.15, 0.2) is 41.1 Å². The first-order valence-corrected chi connectivity index (χ1v) is 13.7. The molecule has 204 valence electrons. The predicted octanol–water partition coefficient (Wildman–Crippen LogP) is 3.65. The minimum absolute atomic E-state index is 0.0119. The summed E-state index contributed by atoms with van der Waals surface area (Å²) in [4.78, 5) is 19.9. The van der Waals surface area contributed by atoms with Crippen molar-refractivity contribution >= 4 is 17.6 Å². The van der Waals surface area contributed by atoms with Gasteiger partial charge in [-0.15, -0.1) is 5.10 Å². The first-order chi connectivity index (χ1) is 18.9. The number of rotatable bonds is 6. The smallest absolute Gasteiger partial charge is 0.318 e. The zero-order valence-corrected chi connectivity index (χ0v) is 22.9. The summed E-state index contributed by atoms with van der Waals surface area (Å²) >= 11 is 0. The van der Waals surface area contributed by atoms with Crippen LogP contribution in [0.5, 0.6) is 0 Å². The van der Waals surface area contributed by atoms with E-state index >= 15 is 0 Å². The van der Waals surface area contributed by atoms with Crippen molar-refractivity contribution in [3.8, 4) is 6.07 Å². The third kappa shape index (κ3) is 5.34. The molecule has 39 heavy (non-hydrogen) atoms. The first kappa shape index (κ1) is 26.7. The first-order valence-electron chi connectivity index (χ1n) is 13.7. The number of hydrogen-bond donors (Lipinski definition) is 1. The van der Waals surface area contributed by atoms with Gasteiger partial charge in [-0.1, -0.05) is 23.3 Å². The summed E-state index contributed by atoms with van der Waals surface area (Å²) in [6.45, 7) is 9.40. The van der Waals surface area contributed by atoms with E-state index in [0.717, 1.165) is 60.3 Å². The summed E-state index contributed by atoms with van der Waals surface area (Å²) < 4.78 is 5.34. The number of amides is 1. The van der Waals surface area contributed by atoms with Crippen LogP contribution in [0.3, 0.4) is 0 Å². The largest absolute Gasteiger partial charge is 0.411 e. The van der Waals surface area contributed by atoms with E-state index in [2.05, 4.69) is 41.1 Å². The summed E-state index contributed by atoms with van der Waals surface area (Å²) in [5, 5.41) is 27.3. The van der Waals surface area contributed by atoms with Crippen LogP contribution in [0.25, 0.3) is 0 Å². The topological polar surface area (TPSA) is 110 Å². The minimum atomic E-state index is -0.301. The zero-order chi connectivity index (χ0) is 27.5. The van der Waals surface area contributed by atoms with Gasteiger partial charge >= 0.3 is 6.01 Å². The molecule has 0 aliphatic carbocycles. The van der Waals surface area contributed by atoms with Crippen molar-refractivity contribution in [2.45, 2.75) is 46.1 Å². The highest BCUT2D eigenvalue weighted by Crippen LogP contribution is 2.32. The Bertz CT molecular complexity index is 1360. The number of nitriles is 1. The number of anilines is 2. The van der Waals surface area contributed by atoms with Crippen molar-refractivity contribution in [3.63, 3.8) is 0 Å². The van der Waals surface area contributed by atoms with E-state index in [4.69, 9.17) is 4.42 Å². The number of aromatic nitrogens is 2. The van der Waals surface area contributed by atoms with E-state index in [1.165, 1.54) is 17.5 Å². The predicted molar refractivity (Wildman–Crippen MR) is 149 cm³/mol. The number of benzene rings is 2. The minimum Gasteiger partial charge on any atom is -0.411 e. The summed E-state index contributed by atoms with van der Waals surface area (Å²) in [5.74, 6) is 0.535. The van der Waals surface area contributed by atoms with Crippen LogP contribution >= 0.6 is 0 Å². The standard InChI is InChI=1S/C30H36N6O3/c1-20-14-21(2)28(29(38)35-12-13-36(25(17-35)18-37)30-33-32-19-39-30)22(3)26(20)15-23-8-10-34(11-9-23)27-7-5-4-6-24(27)16-31/h4-7,14,19,23,25,37H,8-13,15,17-18H2,1-3H3/t25-/m0/s1. The van der Waals surface area contributed by atoms with E-state index in [1.807, 2.05) is 41.0 Å². The maximum absolute atomic E-state index is 13.9. The molecule has 2 aliphatic heterocycles. The Kier molecular flexibility index (Phi) is 7.84. The number of aryl methyl sites for hydroxylation is 2. The summed E-state index contributed by atoms with van der Waals surface area (Å²) in [5.41, 5.74) is 7.08. The Morgan fingerprint density at radius 2 is 1.90 bits per heavy atom. The molecule has 3 aromatic rings. The highest BCUT2D eigenvalue weighted by atomic mass is 16.4. The van der Waals surface area contributed by atoms with Gasteiger partial charge in [0.25, 0.3) is 5.91 Å². The second-order valence-corrected chi connectivity index (χ2v) is 10.8. The third-order valence-electron chi connectivity index (χ3n) is 8.39. The maximum Gasteiger partial charge on any atom is 0.318 e. The number of hydrogen-bond acceptors (Lipinski definition) is 8. The number of carbonyl (C=O) groups is 1. The average molecular weight is 529 g/mol. The molecule has 3 heterocycles. The second-order valence-electron chi connectivity index (χ2n) is 10.8. The molecule has 2 saturated heterocycles. The summed E-state index contributed by atoms with van der Waals surface area (Å²) in [6.07, 6.45) is 4.31. The van der Waals surface area contributed by atoms with Gasteiger partial charge in [-0.25, -0.2) is 0 Å². The third-order valence-corrected chi connectivity index (χ3v) is 8.39. The SMILES string of the molecule is Cc1cc(C)c(C(=O)N2CCN(c3nnco3)[C@H](CO)C2)c(C)c1CC1CCN(c2ccccc2C#N)CC1. The Balaban J connectivity index is 1.30. The van der Waals surface area contributed by atoms with Crippen molar-refractivity contribution in [1.29, 1.82) is 5.26 Å². The van der Waals surface area contributed by atoms with E-state index in [1.54, 1.807) is 0 Å². The van der Waals surface area contributed by atoms with Crippen molar-refractivity contribution in [2.24, 2.45) is 5.92 Å². The molecule has 0 bridgehead atoms. The highest BCUT2D eigenvalue weighted by Gasteiger charge is 2.33. The Morgan fingerprint density at radius 3 is 2.59 bits per heavy atom. The molecular weight excluding hydrogens is 492 g/mol. The molecule has 1 amide bonds. The molecule has 9 nitrogen and oxygen atoms in total. The lowest BCUT2D eigenvalue weighted by Crippen LogP contribution is -2.56. The molecule has 1 N–H and O–H groups in total. The van der Waals surface area contributed by atoms with Crippen molar-refractivity contribution in [3.05, 3.63) is 70.1 Å². The van der Waals surface area contributed by atoms with Crippen LogP contribution in [0, 0.1) is 38.0 Å².